The summed E-state index contributed by atoms with van der Waals surface area (Å²) in [5.74, 6) is -0.108. The van der Waals surface area contributed by atoms with Gasteiger partial charge in [-0.15, -0.1) is 0 Å². The van der Waals surface area contributed by atoms with Gasteiger partial charge in [-0.2, -0.15) is 0 Å². The summed E-state index contributed by atoms with van der Waals surface area (Å²) in [4.78, 5) is 17.9. The number of aromatic nitrogens is 1. The predicted octanol–water partition coefficient (Wildman–Crippen LogP) is 6.21. The number of amides is 1. The van der Waals surface area contributed by atoms with E-state index in [1.807, 2.05) is 25.1 Å². The van der Waals surface area contributed by atoms with Gasteiger partial charge in [-0.25, -0.2) is 4.99 Å². The number of aliphatic imine (C=N–C) groups is 1. The number of carbonyl (C=O) groups is 1. The fraction of sp³-hybridized carbons (Fsp3) is 0.167. The fourth-order valence-electron chi connectivity index (χ4n) is 3.51. The molecule has 4 nitrogen and oxygen atoms in total. The van der Waals surface area contributed by atoms with Crippen LogP contribution in [0.25, 0.3) is 11.8 Å². The normalized spacial score (nSPS) is 16.5. The average Bonchev–Trinajstić information content (AvgIpc) is 3.19. The Kier molecular flexibility index (Phi) is 5.88. The van der Waals surface area contributed by atoms with Crippen LogP contribution in [0.3, 0.4) is 0 Å². The predicted molar refractivity (Wildman–Crippen MR) is 135 cm³/mol. The summed E-state index contributed by atoms with van der Waals surface area (Å²) in [6, 6.07) is 16.6. The van der Waals surface area contributed by atoms with E-state index in [0.29, 0.717) is 10.1 Å². The van der Waals surface area contributed by atoms with E-state index in [4.69, 9.17) is 0 Å². The van der Waals surface area contributed by atoms with Crippen LogP contribution in [0.5, 0.6) is 0 Å². The highest BCUT2D eigenvalue weighted by molar-refractivity contribution is 14.1. The second kappa shape index (κ2) is 8.43. The second-order valence-electron chi connectivity index (χ2n) is 7.34. The molecule has 0 radical (unpaired) electrons. The van der Waals surface area contributed by atoms with Gasteiger partial charge < -0.3 is 9.88 Å². The summed E-state index contributed by atoms with van der Waals surface area (Å²) < 4.78 is 3.42. The van der Waals surface area contributed by atoms with Gasteiger partial charge in [0.15, 0.2) is 5.17 Å². The number of nitrogens with zero attached hydrogens (tertiary/aromatic N) is 2. The first-order chi connectivity index (χ1) is 14.3. The zero-order valence-corrected chi connectivity index (χ0v) is 20.3. The molecule has 1 aliphatic rings. The number of carbonyl (C=O) groups excluding carboxylic acids is 1. The first-order valence-corrected chi connectivity index (χ1v) is 11.5. The zero-order valence-electron chi connectivity index (χ0n) is 17.3. The molecule has 4 rings (SSSR count). The Morgan fingerprint density at radius 3 is 2.53 bits per heavy atom. The summed E-state index contributed by atoms with van der Waals surface area (Å²) in [5.41, 5.74) is 7.59. The van der Waals surface area contributed by atoms with Crippen LogP contribution in [0.4, 0.5) is 5.69 Å². The summed E-state index contributed by atoms with van der Waals surface area (Å²) in [7, 11) is 0. The van der Waals surface area contributed by atoms with Crippen LogP contribution >= 0.6 is 34.4 Å². The molecule has 0 unspecified atom stereocenters. The minimum atomic E-state index is -0.108. The SMILES string of the molecule is Cc1cccc(N=C2NC(=O)/C(=C/c3cc(C)n(-c4ccc(I)cc4)c3C)S2)c1C. The highest BCUT2D eigenvalue weighted by Crippen LogP contribution is 2.31. The van der Waals surface area contributed by atoms with Gasteiger partial charge in [0.25, 0.3) is 5.91 Å². The van der Waals surface area contributed by atoms with Crippen LogP contribution in [0, 0.1) is 31.3 Å². The third-order valence-corrected chi connectivity index (χ3v) is 6.92. The number of nitrogens with one attached hydrogen (secondary N) is 1. The van der Waals surface area contributed by atoms with Crippen molar-refractivity contribution in [2.45, 2.75) is 27.7 Å². The van der Waals surface area contributed by atoms with Crippen LogP contribution in [0.1, 0.15) is 28.1 Å². The monoisotopic (exact) mass is 527 g/mol. The van der Waals surface area contributed by atoms with Crippen LogP contribution in [-0.4, -0.2) is 15.6 Å². The molecule has 0 atom stereocenters. The van der Waals surface area contributed by atoms with E-state index in [2.05, 4.69) is 94.6 Å². The van der Waals surface area contributed by atoms with Crippen LogP contribution in [-0.2, 0) is 4.79 Å². The highest BCUT2D eigenvalue weighted by atomic mass is 127. The molecule has 2 aromatic carbocycles. The molecule has 0 bridgehead atoms. The van der Waals surface area contributed by atoms with E-state index in [-0.39, 0.29) is 5.91 Å². The average molecular weight is 527 g/mol. The molecule has 1 fully saturated rings. The van der Waals surface area contributed by atoms with Crippen molar-refractivity contribution in [1.29, 1.82) is 0 Å². The Hall–Kier alpha value is -2.32. The smallest absolute Gasteiger partial charge is 0.264 e. The van der Waals surface area contributed by atoms with E-state index in [1.165, 1.54) is 20.9 Å². The summed E-state index contributed by atoms with van der Waals surface area (Å²) in [6.45, 7) is 8.28. The summed E-state index contributed by atoms with van der Waals surface area (Å²) >= 11 is 3.69. The Bertz CT molecular complexity index is 1210. The lowest BCUT2D eigenvalue weighted by Crippen LogP contribution is -2.19. The van der Waals surface area contributed by atoms with E-state index in [9.17, 15) is 4.79 Å². The molecule has 1 amide bonds. The fourth-order valence-corrected chi connectivity index (χ4v) is 4.69. The lowest BCUT2D eigenvalue weighted by Gasteiger charge is -2.09. The van der Waals surface area contributed by atoms with E-state index in [1.54, 1.807) is 0 Å². The van der Waals surface area contributed by atoms with Crippen molar-refractivity contribution >= 4 is 57.2 Å². The first-order valence-electron chi connectivity index (χ1n) is 9.64. The van der Waals surface area contributed by atoms with Gasteiger partial charge in [-0.3, -0.25) is 4.79 Å². The van der Waals surface area contributed by atoms with Crippen molar-refractivity contribution in [2.75, 3.05) is 0 Å². The van der Waals surface area contributed by atoms with Gasteiger partial charge >= 0.3 is 0 Å². The van der Waals surface area contributed by atoms with Crippen molar-refractivity contribution in [3.63, 3.8) is 0 Å². The standard InChI is InChI=1S/C24H22IN3OS/c1-14-6-5-7-21(16(14)3)26-24-27-23(29)22(30-24)13-18-12-15(2)28(17(18)4)20-10-8-19(25)9-11-20/h5-13H,1-4H3,(H,26,27,29)/b22-13-. The molecule has 0 aliphatic carbocycles. The molecule has 152 valence electrons. The number of hydrogen-bond donors (Lipinski definition) is 1. The molecule has 6 heteroatoms. The maximum atomic E-state index is 12.6. The van der Waals surface area contributed by atoms with Crippen molar-refractivity contribution in [1.82, 2.24) is 9.88 Å². The molecule has 1 aliphatic heterocycles. The molecular formula is C24H22IN3OS. The molecule has 1 saturated heterocycles. The van der Waals surface area contributed by atoms with Crippen LogP contribution < -0.4 is 5.32 Å². The number of aryl methyl sites for hydroxylation is 2. The number of amidine groups is 1. The second-order valence-corrected chi connectivity index (χ2v) is 9.62. The molecule has 2 heterocycles. The topological polar surface area (TPSA) is 46.4 Å². The minimum absolute atomic E-state index is 0.108. The van der Waals surface area contributed by atoms with Gasteiger partial charge in [-0.1, -0.05) is 12.1 Å². The van der Waals surface area contributed by atoms with Crippen molar-refractivity contribution in [3.8, 4) is 5.69 Å². The summed E-state index contributed by atoms with van der Waals surface area (Å²) in [6.07, 6.45) is 1.96. The third kappa shape index (κ3) is 4.11. The number of halogens is 1. The number of thioether (sulfide) groups is 1. The lowest BCUT2D eigenvalue weighted by atomic mass is 10.1. The quantitative estimate of drug-likeness (QED) is 0.326. The van der Waals surface area contributed by atoms with Gasteiger partial charge in [-0.05, 0) is 121 Å². The van der Waals surface area contributed by atoms with E-state index in [0.717, 1.165) is 33.9 Å². The molecule has 30 heavy (non-hydrogen) atoms. The molecule has 3 aromatic rings. The number of rotatable bonds is 3. The van der Waals surface area contributed by atoms with E-state index >= 15 is 0 Å². The lowest BCUT2D eigenvalue weighted by molar-refractivity contribution is -0.115. The Morgan fingerprint density at radius 1 is 1.07 bits per heavy atom. The van der Waals surface area contributed by atoms with Crippen molar-refractivity contribution in [2.24, 2.45) is 4.99 Å². The van der Waals surface area contributed by atoms with Gasteiger partial charge in [0, 0.05) is 20.6 Å². The number of hydrogen-bond acceptors (Lipinski definition) is 3. The maximum absolute atomic E-state index is 12.6. The van der Waals surface area contributed by atoms with Crippen molar-refractivity contribution < 1.29 is 4.79 Å². The number of benzene rings is 2. The zero-order chi connectivity index (χ0) is 21.4. The van der Waals surface area contributed by atoms with Gasteiger partial charge in [0.2, 0.25) is 0 Å². The molecule has 1 aromatic heterocycles. The minimum Gasteiger partial charge on any atom is -0.318 e. The Morgan fingerprint density at radius 2 is 1.80 bits per heavy atom. The summed E-state index contributed by atoms with van der Waals surface area (Å²) in [5, 5.41) is 3.51. The Labute approximate surface area is 194 Å². The Balaban J connectivity index is 1.65. The maximum Gasteiger partial charge on any atom is 0.264 e. The van der Waals surface area contributed by atoms with E-state index < -0.39 is 0 Å². The molecule has 0 spiro atoms. The first kappa shape index (κ1) is 20.9. The van der Waals surface area contributed by atoms with Crippen molar-refractivity contribution in [3.05, 3.63) is 85.1 Å². The molecular weight excluding hydrogens is 505 g/mol. The van der Waals surface area contributed by atoms with Crippen LogP contribution in [0.2, 0.25) is 0 Å². The molecule has 0 saturated carbocycles. The molecule has 1 N–H and O–H groups in total. The van der Waals surface area contributed by atoms with Crippen LogP contribution in [0.15, 0.2) is 58.4 Å². The largest absolute Gasteiger partial charge is 0.318 e. The third-order valence-electron chi connectivity index (χ3n) is 5.29. The van der Waals surface area contributed by atoms with Gasteiger partial charge in [0.1, 0.15) is 0 Å². The van der Waals surface area contributed by atoms with Gasteiger partial charge in [0.05, 0.1) is 10.6 Å². The highest BCUT2D eigenvalue weighted by Gasteiger charge is 2.25.